The number of hydrogen-bond acceptors (Lipinski definition) is 5. The quantitative estimate of drug-likeness (QED) is 0.780. The van der Waals surface area contributed by atoms with Crippen LogP contribution in [0.1, 0.15) is 6.42 Å². The largest absolute Gasteiger partial charge is 0.355 e. The Balaban J connectivity index is 1.71. The molecule has 1 saturated heterocycles. The van der Waals surface area contributed by atoms with Crippen molar-refractivity contribution >= 4 is 11.6 Å². The highest BCUT2D eigenvalue weighted by Gasteiger charge is 2.17. The lowest BCUT2D eigenvalue weighted by molar-refractivity contribution is 0.581. The number of nitrogens with zero attached hydrogens (tertiary/aromatic N) is 5. The number of rotatable bonds is 2. The maximum absolute atomic E-state index is 13.2. The molecule has 0 bridgehead atoms. The van der Waals surface area contributed by atoms with Crippen LogP contribution in [0.3, 0.4) is 0 Å². The maximum atomic E-state index is 13.2. The van der Waals surface area contributed by atoms with Gasteiger partial charge in [-0.15, -0.1) is 5.10 Å². The molecule has 0 aromatic carbocycles. The molecule has 1 aliphatic heterocycles. The van der Waals surface area contributed by atoms with E-state index in [9.17, 15) is 4.39 Å². The van der Waals surface area contributed by atoms with Gasteiger partial charge in [0.05, 0.1) is 0 Å². The number of aromatic nitrogens is 3. The summed E-state index contributed by atoms with van der Waals surface area (Å²) in [7, 11) is 0. The van der Waals surface area contributed by atoms with Crippen LogP contribution in [0, 0.1) is 5.95 Å². The van der Waals surface area contributed by atoms with E-state index in [2.05, 4.69) is 25.0 Å². The van der Waals surface area contributed by atoms with Crippen LogP contribution in [0.4, 0.5) is 16.0 Å². The molecule has 1 fully saturated rings. The maximum Gasteiger partial charge on any atom is 0.214 e. The summed E-state index contributed by atoms with van der Waals surface area (Å²) in [5.74, 6) is 1.16. The van der Waals surface area contributed by atoms with Gasteiger partial charge in [-0.2, -0.15) is 9.49 Å². The van der Waals surface area contributed by atoms with Gasteiger partial charge >= 0.3 is 0 Å². The Morgan fingerprint density at radius 1 is 0.900 bits per heavy atom. The molecule has 1 aliphatic rings. The van der Waals surface area contributed by atoms with Gasteiger partial charge in [-0.25, -0.2) is 4.98 Å². The van der Waals surface area contributed by atoms with E-state index < -0.39 is 5.95 Å². The average Bonchev–Trinajstić information content (AvgIpc) is 2.74. The highest BCUT2D eigenvalue weighted by molar-refractivity contribution is 5.41. The SMILES string of the molecule is Fc1cccc(N2CCCN(c3cccnn3)CC2)n1. The van der Waals surface area contributed by atoms with Crippen molar-refractivity contribution in [3.05, 3.63) is 42.5 Å². The summed E-state index contributed by atoms with van der Waals surface area (Å²) in [5, 5.41) is 8.05. The summed E-state index contributed by atoms with van der Waals surface area (Å²) in [6.45, 7) is 3.42. The standard InChI is InChI=1S/C14H16FN5/c15-12-4-1-5-13(17-12)19-8-3-9-20(11-10-19)14-6-2-7-16-18-14/h1-2,4-7H,3,8-11H2. The van der Waals surface area contributed by atoms with Crippen LogP contribution in [-0.4, -0.2) is 41.4 Å². The monoisotopic (exact) mass is 273 g/mol. The van der Waals surface area contributed by atoms with Crippen LogP contribution in [-0.2, 0) is 0 Å². The first-order chi connectivity index (χ1) is 9.83. The van der Waals surface area contributed by atoms with E-state index in [4.69, 9.17) is 0 Å². The Kier molecular flexibility index (Phi) is 3.71. The van der Waals surface area contributed by atoms with Gasteiger partial charge in [0.15, 0.2) is 5.82 Å². The van der Waals surface area contributed by atoms with Gasteiger partial charge in [0.1, 0.15) is 5.82 Å². The number of anilines is 2. The molecule has 0 radical (unpaired) electrons. The zero-order valence-corrected chi connectivity index (χ0v) is 11.1. The minimum Gasteiger partial charge on any atom is -0.355 e. The predicted molar refractivity (Wildman–Crippen MR) is 75.3 cm³/mol. The van der Waals surface area contributed by atoms with Gasteiger partial charge in [-0.3, -0.25) is 0 Å². The van der Waals surface area contributed by atoms with E-state index in [1.807, 2.05) is 18.2 Å². The minimum atomic E-state index is -0.433. The molecule has 0 saturated carbocycles. The molecular weight excluding hydrogens is 257 g/mol. The average molecular weight is 273 g/mol. The third-order valence-electron chi connectivity index (χ3n) is 3.40. The third kappa shape index (κ3) is 2.84. The van der Waals surface area contributed by atoms with Gasteiger partial charge in [0, 0.05) is 32.4 Å². The van der Waals surface area contributed by atoms with Crippen molar-refractivity contribution in [2.45, 2.75) is 6.42 Å². The molecule has 0 N–H and O–H groups in total. The first-order valence-corrected chi connectivity index (χ1v) is 6.73. The van der Waals surface area contributed by atoms with Crippen LogP contribution in [0.2, 0.25) is 0 Å². The second-order valence-corrected chi connectivity index (χ2v) is 4.73. The van der Waals surface area contributed by atoms with E-state index in [1.54, 1.807) is 12.3 Å². The second kappa shape index (κ2) is 5.81. The van der Waals surface area contributed by atoms with Crippen LogP contribution in [0.5, 0.6) is 0 Å². The molecular formula is C14H16FN5. The summed E-state index contributed by atoms with van der Waals surface area (Å²) in [5.41, 5.74) is 0. The Hall–Kier alpha value is -2.24. The first kappa shape index (κ1) is 12.8. The van der Waals surface area contributed by atoms with Crippen molar-refractivity contribution in [1.29, 1.82) is 0 Å². The van der Waals surface area contributed by atoms with Crippen molar-refractivity contribution in [3.63, 3.8) is 0 Å². The fourth-order valence-electron chi connectivity index (χ4n) is 2.41. The number of hydrogen-bond donors (Lipinski definition) is 0. The summed E-state index contributed by atoms with van der Waals surface area (Å²) >= 11 is 0. The fourth-order valence-corrected chi connectivity index (χ4v) is 2.41. The Labute approximate surface area is 117 Å². The molecule has 20 heavy (non-hydrogen) atoms. The number of halogens is 1. The van der Waals surface area contributed by atoms with Gasteiger partial charge in [0.25, 0.3) is 0 Å². The summed E-state index contributed by atoms with van der Waals surface area (Å²) < 4.78 is 13.2. The van der Waals surface area contributed by atoms with Crippen LogP contribution in [0.25, 0.3) is 0 Å². The Morgan fingerprint density at radius 2 is 1.65 bits per heavy atom. The van der Waals surface area contributed by atoms with Crippen LogP contribution in [0.15, 0.2) is 36.5 Å². The molecule has 0 aliphatic carbocycles. The normalized spacial score (nSPS) is 16.1. The minimum absolute atomic E-state index is 0.433. The molecule has 6 heteroatoms. The molecule has 0 unspecified atom stereocenters. The van der Waals surface area contributed by atoms with Gasteiger partial charge in [-0.05, 0) is 30.7 Å². The van der Waals surface area contributed by atoms with Crippen molar-refractivity contribution in [3.8, 4) is 0 Å². The lowest BCUT2D eigenvalue weighted by Crippen LogP contribution is -2.31. The molecule has 5 nitrogen and oxygen atoms in total. The molecule has 3 heterocycles. The second-order valence-electron chi connectivity index (χ2n) is 4.73. The molecule has 3 rings (SSSR count). The van der Waals surface area contributed by atoms with Crippen LogP contribution >= 0.6 is 0 Å². The van der Waals surface area contributed by atoms with Gasteiger partial charge in [-0.1, -0.05) is 6.07 Å². The zero-order valence-electron chi connectivity index (χ0n) is 11.1. The molecule has 2 aromatic heterocycles. The lowest BCUT2D eigenvalue weighted by atomic mass is 10.3. The smallest absolute Gasteiger partial charge is 0.214 e. The zero-order chi connectivity index (χ0) is 13.8. The Bertz CT molecular complexity index is 563. The van der Waals surface area contributed by atoms with E-state index in [-0.39, 0.29) is 0 Å². The molecule has 0 amide bonds. The number of pyridine rings is 1. The summed E-state index contributed by atoms with van der Waals surface area (Å²) in [6, 6.07) is 8.76. The highest BCUT2D eigenvalue weighted by atomic mass is 19.1. The van der Waals surface area contributed by atoms with Gasteiger partial charge in [0.2, 0.25) is 5.95 Å². The topological polar surface area (TPSA) is 45.2 Å². The lowest BCUT2D eigenvalue weighted by Gasteiger charge is -2.23. The molecule has 2 aromatic rings. The van der Waals surface area contributed by atoms with Gasteiger partial charge < -0.3 is 9.80 Å². The van der Waals surface area contributed by atoms with Crippen molar-refractivity contribution in [2.75, 3.05) is 36.0 Å². The predicted octanol–water partition coefficient (Wildman–Crippen LogP) is 1.73. The molecule has 104 valence electrons. The van der Waals surface area contributed by atoms with Crippen molar-refractivity contribution in [1.82, 2.24) is 15.2 Å². The molecule has 0 atom stereocenters. The van der Waals surface area contributed by atoms with Crippen molar-refractivity contribution < 1.29 is 4.39 Å². The summed E-state index contributed by atoms with van der Waals surface area (Å²) in [6.07, 6.45) is 2.65. The first-order valence-electron chi connectivity index (χ1n) is 6.73. The van der Waals surface area contributed by atoms with Crippen molar-refractivity contribution in [2.24, 2.45) is 0 Å². The summed E-state index contributed by atoms with van der Waals surface area (Å²) in [4.78, 5) is 8.26. The molecule has 0 spiro atoms. The van der Waals surface area contributed by atoms with Crippen LogP contribution < -0.4 is 9.80 Å². The van der Waals surface area contributed by atoms with E-state index in [1.165, 1.54) is 6.07 Å². The fraction of sp³-hybridized carbons (Fsp3) is 0.357. The van der Waals surface area contributed by atoms with E-state index >= 15 is 0 Å². The van der Waals surface area contributed by atoms with E-state index in [0.717, 1.165) is 38.4 Å². The highest BCUT2D eigenvalue weighted by Crippen LogP contribution is 2.16. The van der Waals surface area contributed by atoms with E-state index in [0.29, 0.717) is 5.82 Å². The Morgan fingerprint density at radius 3 is 2.35 bits per heavy atom. The third-order valence-corrected chi connectivity index (χ3v) is 3.40.